The fourth-order valence-electron chi connectivity index (χ4n) is 8.60. The molecule has 7 heteroatoms. The molecule has 320 valence electrons. The summed E-state index contributed by atoms with van der Waals surface area (Å²) in [5, 5.41) is 20.7. The largest absolute Gasteiger partial charge is 0.488 e. The summed E-state index contributed by atoms with van der Waals surface area (Å²) in [4.78, 5) is 7.56. The molecule has 0 fully saturated rings. The number of thiophene rings is 3. The minimum Gasteiger partial charge on any atom is -0.423 e. The van der Waals surface area contributed by atoms with Crippen LogP contribution in [0.2, 0.25) is 0 Å². The topological polar surface area (TPSA) is 45.4 Å². The maximum atomic E-state index is 9.10. The lowest BCUT2D eigenvalue weighted by Gasteiger charge is -2.09. The van der Waals surface area contributed by atoms with Gasteiger partial charge in [-0.05, 0) is 117 Å². The predicted molar refractivity (Wildman–Crippen MR) is 289 cm³/mol. The van der Waals surface area contributed by atoms with E-state index in [1.165, 1.54) is 95.7 Å². The molecule has 0 atom stereocenters. The Morgan fingerprint density at radius 1 is 0.284 bits per heavy atom. The van der Waals surface area contributed by atoms with E-state index in [0.717, 1.165) is 5.56 Å². The van der Waals surface area contributed by atoms with Gasteiger partial charge in [0.05, 0.1) is 11.0 Å². The van der Waals surface area contributed by atoms with Gasteiger partial charge in [0.1, 0.15) is 0 Å². The van der Waals surface area contributed by atoms with Crippen molar-refractivity contribution in [1.82, 2.24) is 4.57 Å². The highest BCUT2D eigenvalue weighted by Crippen LogP contribution is 2.40. The second-order valence-corrected chi connectivity index (χ2v) is 19.5. The molecule has 0 bridgehead atoms. The fraction of sp³-hybridized carbons (Fsp3) is 0. The highest BCUT2D eigenvalue weighted by Gasteiger charge is 2.15. The first-order valence-electron chi connectivity index (χ1n) is 22.2. The minimum atomic E-state index is -1.41. The van der Waals surface area contributed by atoms with Crippen molar-refractivity contribution in [3.05, 3.63) is 243 Å². The van der Waals surface area contributed by atoms with Crippen molar-refractivity contribution in [2.45, 2.75) is 0 Å². The Morgan fingerprint density at radius 3 is 1.07 bits per heavy atom. The molecule has 4 aromatic heterocycles. The van der Waals surface area contributed by atoms with Gasteiger partial charge in [-0.2, -0.15) is 0 Å². The number of hydrogen-bond donors (Lipinski definition) is 2. The number of benzene rings is 8. The second kappa shape index (κ2) is 18.9. The molecule has 0 amide bonds. The monoisotopic (exact) mass is 915 g/mol. The van der Waals surface area contributed by atoms with Crippen molar-refractivity contribution in [2.24, 2.45) is 0 Å². The van der Waals surface area contributed by atoms with Gasteiger partial charge >= 0.3 is 7.12 Å². The molecule has 0 aliphatic rings. The van der Waals surface area contributed by atoms with Gasteiger partial charge in [0, 0.05) is 45.7 Å². The van der Waals surface area contributed by atoms with E-state index in [2.05, 4.69) is 205 Å². The quantitative estimate of drug-likeness (QED) is 0.142. The summed E-state index contributed by atoms with van der Waals surface area (Å²) in [6.45, 7) is 0. The van der Waals surface area contributed by atoms with E-state index >= 15 is 0 Å². The van der Waals surface area contributed by atoms with Crippen LogP contribution in [0.3, 0.4) is 0 Å². The normalized spacial score (nSPS) is 11.1. The molecule has 12 rings (SSSR count). The SMILES string of the molecule is OB(O)c1ccc(-c2ccc(-c3ccccc3)s2)cc1.c1ccc(-c2ccc(-c3ccc(-c4ccc5c(c4)c4ccccc4n5-c4ccc(-c5ccc(-c6ccccc6)s5)cc4)cc3)s2)cc1. The summed E-state index contributed by atoms with van der Waals surface area (Å²) in [7, 11) is -1.41. The Labute approximate surface area is 402 Å². The molecule has 8 aromatic carbocycles. The van der Waals surface area contributed by atoms with Gasteiger partial charge in [0.25, 0.3) is 0 Å². The van der Waals surface area contributed by atoms with Gasteiger partial charge in [-0.1, -0.05) is 176 Å². The van der Waals surface area contributed by atoms with Crippen LogP contribution in [-0.2, 0) is 0 Å². The second-order valence-electron chi connectivity index (χ2n) is 16.3. The molecule has 0 aliphatic carbocycles. The predicted octanol–water partition coefficient (Wildman–Crippen LogP) is 16.0. The van der Waals surface area contributed by atoms with Crippen LogP contribution in [0.1, 0.15) is 0 Å². The molecular weight excluding hydrogens is 874 g/mol. The molecular formula is C60H42BNO2S3. The summed E-state index contributed by atoms with van der Waals surface area (Å²) in [5.41, 5.74) is 13.9. The molecule has 0 aliphatic heterocycles. The number of fused-ring (bicyclic) bond motifs is 3. The number of para-hydroxylation sites is 1. The lowest BCUT2D eigenvalue weighted by Crippen LogP contribution is -2.29. The first-order valence-corrected chi connectivity index (χ1v) is 24.6. The Hall–Kier alpha value is -7.36. The number of hydrogen-bond acceptors (Lipinski definition) is 5. The average molecular weight is 916 g/mol. The third-order valence-electron chi connectivity index (χ3n) is 12.1. The molecule has 0 saturated heterocycles. The van der Waals surface area contributed by atoms with Crippen LogP contribution in [0.4, 0.5) is 0 Å². The molecule has 0 radical (unpaired) electrons. The van der Waals surface area contributed by atoms with E-state index in [-0.39, 0.29) is 0 Å². The highest BCUT2D eigenvalue weighted by molar-refractivity contribution is 7.19. The Balaban J connectivity index is 0.000000206. The van der Waals surface area contributed by atoms with Crippen LogP contribution in [0.5, 0.6) is 0 Å². The average Bonchev–Trinajstić information content (AvgIpc) is 4.25. The first kappa shape index (κ1) is 42.3. The lowest BCUT2D eigenvalue weighted by molar-refractivity contribution is 0.426. The van der Waals surface area contributed by atoms with Crippen molar-refractivity contribution in [3.63, 3.8) is 0 Å². The van der Waals surface area contributed by atoms with E-state index in [1.54, 1.807) is 23.5 Å². The summed E-state index contributed by atoms with van der Waals surface area (Å²) < 4.78 is 2.40. The van der Waals surface area contributed by atoms with Gasteiger partial charge in [-0.25, -0.2) is 0 Å². The molecule has 0 saturated carbocycles. The fourth-order valence-corrected chi connectivity index (χ4v) is 11.7. The first-order chi connectivity index (χ1) is 33.0. The van der Waals surface area contributed by atoms with E-state index in [1.807, 2.05) is 53.0 Å². The van der Waals surface area contributed by atoms with Crippen molar-refractivity contribution < 1.29 is 10.0 Å². The Morgan fingerprint density at radius 2 is 0.627 bits per heavy atom. The van der Waals surface area contributed by atoms with Gasteiger partial charge in [0.15, 0.2) is 0 Å². The molecule has 67 heavy (non-hydrogen) atoms. The Kier molecular flexibility index (Phi) is 11.9. The van der Waals surface area contributed by atoms with Crippen LogP contribution in [0.15, 0.2) is 243 Å². The van der Waals surface area contributed by atoms with E-state index in [9.17, 15) is 0 Å². The van der Waals surface area contributed by atoms with Crippen LogP contribution >= 0.6 is 34.0 Å². The summed E-state index contributed by atoms with van der Waals surface area (Å²) in [6, 6.07) is 85.6. The van der Waals surface area contributed by atoms with Crippen molar-refractivity contribution in [1.29, 1.82) is 0 Å². The van der Waals surface area contributed by atoms with Crippen LogP contribution in [0.25, 0.3) is 101 Å². The summed E-state index contributed by atoms with van der Waals surface area (Å²) >= 11 is 5.41. The maximum absolute atomic E-state index is 9.10. The zero-order valence-corrected chi connectivity index (χ0v) is 38.7. The van der Waals surface area contributed by atoms with Gasteiger partial charge in [-0.3, -0.25) is 0 Å². The third-order valence-corrected chi connectivity index (χ3v) is 15.6. The molecule has 4 heterocycles. The van der Waals surface area contributed by atoms with Gasteiger partial charge in [0.2, 0.25) is 0 Å². The highest BCUT2D eigenvalue weighted by atomic mass is 32.1. The third kappa shape index (κ3) is 8.87. The number of aromatic nitrogens is 1. The Bertz CT molecular complexity index is 3570. The minimum absolute atomic E-state index is 0.508. The van der Waals surface area contributed by atoms with Crippen LogP contribution in [-0.4, -0.2) is 21.7 Å². The van der Waals surface area contributed by atoms with Gasteiger partial charge < -0.3 is 14.6 Å². The van der Waals surface area contributed by atoms with Crippen molar-refractivity contribution >= 4 is 68.4 Å². The standard InChI is InChI=1S/C44H29NS2.C16H13BO2S/c1-3-9-31(10-4-1)41-25-27-43(46-41)33-17-15-30(16-18-33)35-21-24-40-38(29-35)37-13-7-8-14-39(37)45(40)36-22-19-34(20-23-36)44-28-26-42(47-44)32-11-5-2-6-12-32;18-17(19)14-8-6-13(7-9-14)16-11-10-15(20-16)12-4-2-1-3-5-12/h1-29H;1-11,18-19H. The summed E-state index contributed by atoms with van der Waals surface area (Å²) in [6.07, 6.45) is 0. The molecule has 12 aromatic rings. The number of rotatable bonds is 9. The van der Waals surface area contributed by atoms with Crippen LogP contribution < -0.4 is 5.46 Å². The molecule has 0 unspecified atom stereocenters. The smallest absolute Gasteiger partial charge is 0.423 e. The van der Waals surface area contributed by atoms with Crippen molar-refractivity contribution in [2.75, 3.05) is 0 Å². The van der Waals surface area contributed by atoms with E-state index in [4.69, 9.17) is 10.0 Å². The molecule has 3 nitrogen and oxygen atoms in total. The van der Waals surface area contributed by atoms with Crippen LogP contribution in [0, 0.1) is 0 Å². The zero-order chi connectivity index (χ0) is 45.1. The summed E-state index contributed by atoms with van der Waals surface area (Å²) in [5.74, 6) is 0. The van der Waals surface area contributed by atoms with Gasteiger partial charge in [-0.15, -0.1) is 34.0 Å². The molecule has 2 N–H and O–H groups in total. The van der Waals surface area contributed by atoms with E-state index in [0.29, 0.717) is 5.46 Å². The zero-order valence-electron chi connectivity index (χ0n) is 36.2. The lowest BCUT2D eigenvalue weighted by atomic mass is 9.80. The molecule has 0 spiro atoms. The van der Waals surface area contributed by atoms with Crippen molar-refractivity contribution in [3.8, 4) is 79.5 Å². The number of nitrogens with zero attached hydrogens (tertiary/aromatic N) is 1. The van der Waals surface area contributed by atoms with E-state index < -0.39 is 7.12 Å². The maximum Gasteiger partial charge on any atom is 0.488 e.